The molecule has 0 amide bonds. The maximum absolute atomic E-state index is 13.2. The highest BCUT2D eigenvalue weighted by Gasteiger charge is 2.16. The largest absolute Gasteiger partial charge is 0.206 e. The van der Waals surface area contributed by atoms with Gasteiger partial charge in [0.05, 0.1) is 0 Å². The molecular weight excluding hydrogens is 213 g/mol. The molecule has 1 aromatic rings. The van der Waals surface area contributed by atoms with E-state index in [0.29, 0.717) is 0 Å². The molecule has 0 aliphatic heterocycles. The molecule has 1 rings (SSSR count). The topological polar surface area (TPSA) is 97.5 Å². The average Bonchev–Trinajstić information content (AvgIpc) is 2.19. The first-order valence-electron chi connectivity index (χ1n) is 3.39. The fourth-order valence-corrected chi connectivity index (χ4v) is 0.843. The molecule has 0 atom stereocenters. The lowest BCUT2D eigenvalue weighted by atomic mass is 10.2. The monoisotopic (exact) mass is 214 g/mol. The van der Waals surface area contributed by atoms with E-state index in [1.54, 1.807) is 0 Å². The Morgan fingerprint density at radius 3 is 1.67 bits per heavy atom. The second kappa shape index (κ2) is 4.23. The van der Waals surface area contributed by atoms with E-state index in [1.165, 1.54) is 0 Å². The average molecular weight is 214 g/mol. The molecule has 76 valence electrons. The summed E-state index contributed by atoms with van der Waals surface area (Å²) in [6, 6.07) is 0.261. The zero-order valence-corrected chi connectivity index (χ0v) is 6.89. The third-order valence-corrected chi connectivity index (χ3v) is 1.41. The zero-order valence-electron chi connectivity index (χ0n) is 6.89. The van der Waals surface area contributed by atoms with Gasteiger partial charge in [0.15, 0.2) is 0 Å². The highest BCUT2D eigenvalue weighted by molar-refractivity contribution is 5.54. The van der Waals surface area contributed by atoms with Crippen molar-refractivity contribution in [3.63, 3.8) is 0 Å². The third-order valence-electron chi connectivity index (χ3n) is 1.41. The van der Waals surface area contributed by atoms with Crippen molar-refractivity contribution in [2.45, 2.75) is 0 Å². The quantitative estimate of drug-likeness (QED) is 0.404. The van der Waals surface area contributed by atoms with Gasteiger partial charge in [-0.1, -0.05) is 10.2 Å². The molecule has 0 N–H and O–H groups in total. The van der Waals surface area contributed by atoms with Crippen molar-refractivity contribution in [3.05, 3.63) is 44.4 Å². The molecule has 0 unspecified atom stereocenters. The summed E-state index contributed by atoms with van der Waals surface area (Å²) in [5.74, 6) is -4.29. The first kappa shape index (κ1) is 10.7. The molecule has 0 aliphatic rings. The molecule has 9 heteroatoms. The standard InChI is InChI=1S/C6HF3N6/c7-2-1-3(8)6(13-15-11)4(9)5(2)12-14-10/h1H. The lowest BCUT2D eigenvalue weighted by molar-refractivity contribution is 0.549. The first-order valence-corrected chi connectivity index (χ1v) is 3.39. The molecule has 0 saturated heterocycles. The second-order valence-electron chi connectivity index (χ2n) is 2.23. The van der Waals surface area contributed by atoms with Crippen molar-refractivity contribution in [3.8, 4) is 0 Å². The van der Waals surface area contributed by atoms with Crippen molar-refractivity contribution < 1.29 is 13.2 Å². The molecular formula is C6HF3N6. The fourth-order valence-electron chi connectivity index (χ4n) is 0.843. The minimum atomic E-state index is -1.54. The van der Waals surface area contributed by atoms with E-state index in [0.717, 1.165) is 0 Å². The Morgan fingerprint density at radius 2 is 1.33 bits per heavy atom. The summed E-state index contributed by atoms with van der Waals surface area (Å²) in [5.41, 5.74) is 13.9. The van der Waals surface area contributed by atoms with Gasteiger partial charge in [0, 0.05) is 15.9 Å². The molecule has 6 nitrogen and oxygen atoms in total. The summed E-state index contributed by atoms with van der Waals surface area (Å²) in [5, 5.41) is 5.34. The van der Waals surface area contributed by atoms with Crippen LogP contribution < -0.4 is 0 Å². The van der Waals surface area contributed by atoms with Gasteiger partial charge in [-0.05, 0) is 11.1 Å². The molecule has 0 saturated carbocycles. The highest BCUT2D eigenvalue weighted by Crippen LogP contribution is 2.32. The predicted molar refractivity (Wildman–Crippen MR) is 43.9 cm³/mol. The fraction of sp³-hybridized carbons (Fsp3) is 0. The summed E-state index contributed by atoms with van der Waals surface area (Å²) < 4.78 is 38.8. The summed E-state index contributed by atoms with van der Waals surface area (Å²) in [7, 11) is 0. The molecule has 0 aliphatic carbocycles. The van der Waals surface area contributed by atoms with E-state index in [9.17, 15) is 13.2 Å². The number of azide groups is 2. The Hall–Kier alpha value is -2.37. The van der Waals surface area contributed by atoms with Gasteiger partial charge in [-0.25, -0.2) is 13.2 Å². The number of rotatable bonds is 2. The summed E-state index contributed by atoms with van der Waals surface area (Å²) >= 11 is 0. The molecule has 0 radical (unpaired) electrons. The Labute approximate surface area is 80.2 Å². The van der Waals surface area contributed by atoms with Crippen LogP contribution >= 0.6 is 0 Å². The number of hydrogen-bond donors (Lipinski definition) is 0. The second-order valence-corrected chi connectivity index (χ2v) is 2.23. The summed E-state index contributed by atoms with van der Waals surface area (Å²) in [6.07, 6.45) is 0. The molecule has 0 spiro atoms. The van der Waals surface area contributed by atoms with Crippen molar-refractivity contribution >= 4 is 11.4 Å². The van der Waals surface area contributed by atoms with Gasteiger partial charge in [-0.2, -0.15) is 0 Å². The third kappa shape index (κ3) is 1.93. The predicted octanol–water partition coefficient (Wildman–Crippen LogP) is 3.99. The molecule has 0 aromatic heterocycles. The van der Waals surface area contributed by atoms with E-state index in [4.69, 9.17) is 11.1 Å². The lowest BCUT2D eigenvalue weighted by Gasteiger charge is -2.02. The van der Waals surface area contributed by atoms with Gasteiger partial charge in [0.1, 0.15) is 28.8 Å². The van der Waals surface area contributed by atoms with E-state index in [-0.39, 0.29) is 6.07 Å². The smallest absolute Gasteiger partial charge is 0.148 e. The van der Waals surface area contributed by atoms with Crippen LogP contribution in [0.2, 0.25) is 0 Å². The Kier molecular flexibility index (Phi) is 3.02. The van der Waals surface area contributed by atoms with E-state index in [2.05, 4.69) is 20.1 Å². The number of halogens is 3. The van der Waals surface area contributed by atoms with Crippen molar-refractivity contribution in [1.82, 2.24) is 0 Å². The van der Waals surface area contributed by atoms with Crippen LogP contribution in [0.25, 0.3) is 20.9 Å². The van der Waals surface area contributed by atoms with E-state index >= 15 is 0 Å². The van der Waals surface area contributed by atoms with Gasteiger partial charge in [-0.15, -0.1) is 0 Å². The Bertz CT molecular complexity index is 458. The van der Waals surface area contributed by atoms with Gasteiger partial charge >= 0.3 is 0 Å². The summed E-state index contributed by atoms with van der Waals surface area (Å²) in [4.78, 5) is 4.29. The van der Waals surface area contributed by atoms with Crippen LogP contribution in [0, 0.1) is 17.5 Å². The summed E-state index contributed by atoms with van der Waals surface area (Å²) in [6.45, 7) is 0. The van der Waals surface area contributed by atoms with Gasteiger partial charge in [0.2, 0.25) is 0 Å². The number of hydrogen-bond acceptors (Lipinski definition) is 2. The molecule has 0 fully saturated rings. The van der Waals surface area contributed by atoms with Crippen molar-refractivity contribution in [2.75, 3.05) is 0 Å². The minimum absolute atomic E-state index is 0.261. The SMILES string of the molecule is [N-]=[N+]=Nc1c(F)cc(F)c(N=[N+]=[N-])c1F. The Balaban J connectivity index is 3.62. The highest BCUT2D eigenvalue weighted by atomic mass is 19.1. The van der Waals surface area contributed by atoms with Gasteiger partial charge in [0.25, 0.3) is 0 Å². The number of nitrogens with zero attached hydrogens (tertiary/aromatic N) is 6. The van der Waals surface area contributed by atoms with E-state index < -0.39 is 28.8 Å². The van der Waals surface area contributed by atoms with Crippen LogP contribution in [0.5, 0.6) is 0 Å². The van der Waals surface area contributed by atoms with Crippen LogP contribution in [0.3, 0.4) is 0 Å². The van der Waals surface area contributed by atoms with Crippen molar-refractivity contribution in [2.24, 2.45) is 10.2 Å². The van der Waals surface area contributed by atoms with Crippen LogP contribution in [0.15, 0.2) is 16.3 Å². The van der Waals surface area contributed by atoms with Crippen LogP contribution in [-0.4, -0.2) is 0 Å². The van der Waals surface area contributed by atoms with Gasteiger partial charge < -0.3 is 0 Å². The van der Waals surface area contributed by atoms with Gasteiger partial charge in [-0.3, -0.25) is 0 Å². The van der Waals surface area contributed by atoms with E-state index in [1.807, 2.05) is 0 Å². The van der Waals surface area contributed by atoms with Crippen LogP contribution in [-0.2, 0) is 0 Å². The normalized spacial score (nSPS) is 9.00. The molecule has 1 aromatic carbocycles. The van der Waals surface area contributed by atoms with Crippen LogP contribution in [0.1, 0.15) is 0 Å². The lowest BCUT2D eigenvalue weighted by Crippen LogP contribution is -1.87. The maximum atomic E-state index is 13.2. The first-order chi connectivity index (χ1) is 7.11. The maximum Gasteiger partial charge on any atom is 0.148 e. The zero-order chi connectivity index (χ0) is 11.4. The van der Waals surface area contributed by atoms with Crippen molar-refractivity contribution in [1.29, 1.82) is 0 Å². The molecule has 15 heavy (non-hydrogen) atoms. The number of benzene rings is 1. The minimum Gasteiger partial charge on any atom is -0.206 e. The molecule has 0 heterocycles. The molecule has 0 bridgehead atoms. The Morgan fingerprint density at radius 1 is 0.933 bits per heavy atom. The van der Waals surface area contributed by atoms with Crippen LogP contribution in [0.4, 0.5) is 24.5 Å².